The van der Waals surface area contributed by atoms with Gasteiger partial charge in [-0.2, -0.15) is 0 Å². The van der Waals surface area contributed by atoms with Gasteiger partial charge in [-0.25, -0.2) is 0 Å². The van der Waals surface area contributed by atoms with E-state index in [1.807, 2.05) is 6.07 Å². The van der Waals surface area contributed by atoms with Gasteiger partial charge in [-0.3, -0.25) is 4.79 Å². The highest BCUT2D eigenvalue weighted by Crippen LogP contribution is 2.54. The van der Waals surface area contributed by atoms with Crippen LogP contribution >= 0.6 is 0 Å². The average molecular weight is 497 g/mol. The Morgan fingerprint density at radius 3 is 2.70 bits per heavy atom. The third-order valence-electron chi connectivity index (χ3n) is 8.94. The Morgan fingerprint density at radius 2 is 1.92 bits per heavy atom. The number of carbonyl (C=O) groups is 1. The molecule has 8 heteroatoms. The van der Waals surface area contributed by atoms with E-state index in [4.69, 9.17) is 9.47 Å². The number of rotatable bonds is 2. The van der Waals surface area contributed by atoms with Crippen molar-refractivity contribution in [2.24, 2.45) is 0 Å². The lowest BCUT2D eigenvalue weighted by atomic mass is 9.92. The normalized spacial score (nSPS) is 26.6. The molecule has 4 unspecified atom stereocenters. The maximum absolute atomic E-state index is 13.4. The summed E-state index contributed by atoms with van der Waals surface area (Å²) in [6.45, 7) is 2.60. The number of fused-ring (bicyclic) bond motifs is 13. The number of benzene rings is 3. The van der Waals surface area contributed by atoms with Gasteiger partial charge in [0.05, 0.1) is 27.6 Å². The zero-order valence-electron chi connectivity index (χ0n) is 21.2. The van der Waals surface area contributed by atoms with Crippen LogP contribution in [0.1, 0.15) is 35.5 Å². The number of phenols is 1. The number of methoxy groups -OCH3 is 1. The van der Waals surface area contributed by atoms with E-state index in [0.717, 1.165) is 49.2 Å². The van der Waals surface area contributed by atoms with Gasteiger partial charge in [0.25, 0.3) is 5.91 Å². The molecule has 188 valence electrons. The van der Waals surface area contributed by atoms with Gasteiger partial charge in [0.1, 0.15) is 18.1 Å². The Labute approximate surface area is 212 Å². The second kappa shape index (κ2) is 6.83. The number of nitrogens with zero attached hydrogens (tertiary/aromatic N) is 3. The quantitative estimate of drug-likeness (QED) is 0.379. The Morgan fingerprint density at radius 1 is 1.11 bits per heavy atom. The van der Waals surface area contributed by atoms with Crippen molar-refractivity contribution in [3.63, 3.8) is 0 Å². The number of amides is 1. The van der Waals surface area contributed by atoms with Crippen molar-refractivity contribution in [2.75, 3.05) is 21.2 Å². The monoisotopic (exact) mass is 496 g/mol. The standard InChI is InChI=1S/C29H28N4O4/c1-29-27(36-4)20(31(2)3)12-21(37-29)32-18-10-9-14(34)11-16(18)23-24-17(13-30-28(24)35)22-15-7-5-6-8-19(15)33(29)26(22)25(23)32/h5-11,20-21,27,34H,12-13H2,1-4H3,(H,30,35). The Balaban J connectivity index is 1.70. The van der Waals surface area contributed by atoms with E-state index in [1.165, 1.54) is 0 Å². The number of ether oxygens (including phenoxy) is 2. The van der Waals surface area contributed by atoms with E-state index in [0.29, 0.717) is 18.5 Å². The van der Waals surface area contributed by atoms with Crippen molar-refractivity contribution in [3.05, 3.63) is 53.6 Å². The van der Waals surface area contributed by atoms with E-state index < -0.39 is 5.72 Å². The second-order valence-electron chi connectivity index (χ2n) is 11.0. The van der Waals surface area contributed by atoms with Crippen LogP contribution < -0.4 is 5.32 Å². The van der Waals surface area contributed by atoms with E-state index in [2.05, 4.69) is 64.6 Å². The number of phenolic OH excluding ortho intramolecular Hbond substituents is 1. The number of carbonyl (C=O) groups excluding carboxylic acids is 1. The summed E-state index contributed by atoms with van der Waals surface area (Å²) in [6.07, 6.45) is 0.187. The predicted molar refractivity (Wildman–Crippen MR) is 142 cm³/mol. The predicted octanol–water partition coefficient (Wildman–Crippen LogP) is 4.40. The van der Waals surface area contributed by atoms with Crippen LogP contribution in [0.25, 0.3) is 43.6 Å². The minimum atomic E-state index is -0.812. The van der Waals surface area contributed by atoms with Crippen molar-refractivity contribution >= 4 is 49.5 Å². The van der Waals surface area contributed by atoms with Crippen molar-refractivity contribution in [3.8, 4) is 5.75 Å². The first kappa shape index (κ1) is 21.5. The molecule has 5 aromatic rings. The molecule has 4 atom stereocenters. The largest absolute Gasteiger partial charge is 0.508 e. The highest BCUT2D eigenvalue weighted by molar-refractivity contribution is 6.31. The molecule has 0 saturated carbocycles. The summed E-state index contributed by atoms with van der Waals surface area (Å²) in [6, 6.07) is 13.9. The van der Waals surface area contributed by atoms with Gasteiger partial charge >= 0.3 is 0 Å². The number of nitrogens with one attached hydrogen (secondary N) is 1. The summed E-state index contributed by atoms with van der Waals surface area (Å²) in [5.41, 5.74) is 4.92. The zero-order valence-corrected chi connectivity index (χ0v) is 21.2. The fraction of sp³-hybridized carbons (Fsp3) is 0.345. The minimum absolute atomic E-state index is 0.0728. The van der Waals surface area contributed by atoms with Crippen LogP contribution in [0.5, 0.6) is 5.75 Å². The Bertz CT molecular complexity index is 1830. The van der Waals surface area contributed by atoms with E-state index in [-0.39, 0.29) is 30.0 Å². The Hall–Kier alpha value is -3.59. The highest BCUT2D eigenvalue weighted by atomic mass is 16.6. The molecule has 1 amide bonds. The molecule has 3 aliphatic rings. The molecule has 2 aromatic heterocycles. The molecular formula is C29H28N4O4. The number of hydrogen-bond acceptors (Lipinski definition) is 5. The number of aromatic nitrogens is 2. The molecule has 8 nitrogen and oxygen atoms in total. The van der Waals surface area contributed by atoms with Gasteiger partial charge in [-0.15, -0.1) is 0 Å². The molecule has 37 heavy (non-hydrogen) atoms. The van der Waals surface area contributed by atoms with Gasteiger partial charge in [0, 0.05) is 47.7 Å². The fourth-order valence-corrected chi connectivity index (χ4v) is 7.55. The van der Waals surface area contributed by atoms with Crippen molar-refractivity contribution in [1.82, 2.24) is 19.4 Å². The van der Waals surface area contributed by atoms with Crippen LogP contribution in [0.3, 0.4) is 0 Å². The maximum atomic E-state index is 13.4. The van der Waals surface area contributed by atoms with E-state index >= 15 is 0 Å². The van der Waals surface area contributed by atoms with Crippen LogP contribution in [-0.2, 0) is 21.7 Å². The number of para-hydroxylation sites is 1. The molecule has 5 heterocycles. The SMILES string of the molecule is COC1C(N(C)C)CC2OC1(C)n1c3ccccc3c3c4c(c5c6cc(O)ccc6n2c5c31)C(=O)NC4. The molecule has 0 aliphatic carbocycles. The van der Waals surface area contributed by atoms with Crippen LogP contribution in [0, 0.1) is 0 Å². The third-order valence-corrected chi connectivity index (χ3v) is 8.94. The van der Waals surface area contributed by atoms with Crippen LogP contribution in [-0.4, -0.2) is 58.4 Å². The fourth-order valence-electron chi connectivity index (χ4n) is 7.55. The Kier molecular flexibility index (Phi) is 3.97. The smallest absolute Gasteiger partial charge is 0.252 e. The first-order valence-electron chi connectivity index (χ1n) is 12.8. The number of hydrogen-bond donors (Lipinski definition) is 2. The summed E-state index contributed by atoms with van der Waals surface area (Å²) < 4.78 is 17.9. The minimum Gasteiger partial charge on any atom is -0.508 e. The van der Waals surface area contributed by atoms with E-state index in [1.54, 1.807) is 19.2 Å². The summed E-state index contributed by atoms with van der Waals surface area (Å²) in [4.78, 5) is 15.6. The molecule has 3 aliphatic heterocycles. The summed E-state index contributed by atoms with van der Waals surface area (Å²) >= 11 is 0. The van der Waals surface area contributed by atoms with Crippen molar-refractivity contribution in [2.45, 2.75) is 44.0 Å². The lowest BCUT2D eigenvalue weighted by Gasteiger charge is -2.50. The highest BCUT2D eigenvalue weighted by Gasteiger charge is 2.53. The molecule has 1 fully saturated rings. The first-order valence-corrected chi connectivity index (χ1v) is 12.8. The zero-order chi connectivity index (χ0) is 25.4. The van der Waals surface area contributed by atoms with Gasteiger partial charge in [0.2, 0.25) is 0 Å². The van der Waals surface area contributed by atoms with Gasteiger partial charge in [0.15, 0.2) is 5.72 Å². The molecule has 1 saturated heterocycles. The van der Waals surface area contributed by atoms with Crippen LogP contribution in [0.2, 0.25) is 0 Å². The van der Waals surface area contributed by atoms with Crippen LogP contribution in [0.4, 0.5) is 0 Å². The van der Waals surface area contributed by atoms with Crippen molar-refractivity contribution in [1.29, 1.82) is 0 Å². The maximum Gasteiger partial charge on any atom is 0.252 e. The average Bonchev–Trinajstić information content (AvgIpc) is 3.51. The van der Waals surface area contributed by atoms with Gasteiger partial charge < -0.3 is 33.9 Å². The lowest BCUT2D eigenvalue weighted by Crippen LogP contribution is -2.59. The van der Waals surface area contributed by atoms with E-state index in [9.17, 15) is 9.90 Å². The molecule has 0 spiro atoms. The summed E-state index contributed by atoms with van der Waals surface area (Å²) in [5.74, 6) is 0.104. The molecule has 2 N–H and O–H groups in total. The summed E-state index contributed by atoms with van der Waals surface area (Å²) in [5, 5.41) is 17.5. The molecule has 8 rings (SSSR count). The molecule has 0 radical (unpaired) electrons. The first-order chi connectivity index (χ1) is 17.8. The molecule has 3 aromatic carbocycles. The second-order valence-corrected chi connectivity index (χ2v) is 11.0. The van der Waals surface area contributed by atoms with Crippen molar-refractivity contribution < 1.29 is 19.4 Å². The number of aromatic hydroxyl groups is 1. The lowest BCUT2D eigenvalue weighted by molar-refractivity contribution is -0.266. The third kappa shape index (κ3) is 2.37. The molecular weight excluding hydrogens is 468 g/mol. The topological polar surface area (TPSA) is 80.9 Å². The van der Waals surface area contributed by atoms with Gasteiger partial charge in [-0.05, 0) is 50.8 Å². The molecule has 2 bridgehead atoms. The number of likely N-dealkylation sites (N-methyl/N-ethyl adjacent to an activating group) is 1. The van der Waals surface area contributed by atoms with Gasteiger partial charge in [-0.1, -0.05) is 18.2 Å². The summed E-state index contributed by atoms with van der Waals surface area (Å²) in [7, 11) is 5.95. The van der Waals surface area contributed by atoms with Crippen LogP contribution in [0.15, 0.2) is 42.5 Å².